The minimum absolute atomic E-state index is 0.512. The Kier molecular flexibility index (Phi) is 7.89. The molecule has 3 aliphatic carbocycles. The van der Waals surface area contributed by atoms with Crippen molar-refractivity contribution in [2.24, 2.45) is 22.7 Å². The molecule has 0 unspecified atom stereocenters. The van der Waals surface area contributed by atoms with E-state index < -0.39 is 0 Å². The van der Waals surface area contributed by atoms with Crippen LogP contribution in [0.15, 0.2) is 0 Å². The predicted molar refractivity (Wildman–Crippen MR) is 133 cm³/mol. The average Bonchev–Trinajstić information content (AvgIpc) is 2.63. The van der Waals surface area contributed by atoms with Gasteiger partial charge < -0.3 is 0 Å². The van der Waals surface area contributed by atoms with Crippen molar-refractivity contribution < 1.29 is 0 Å². The third-order valence-electron chi connectivity index (χ3n) is 8.60. The van der Waals surface area contributed by atoms with E-state index in [1.807, 2.05) is 0 Å². The maximum absolute atomic E-state index is 4.81. The molecule has 0 nitrogen and oxygen atoms in total. The van der Waals surface area contributed by atoms with Crippen LogP contribution in [-0.4, -0.2) is 21.0 Å². The van der Waals surface area contributed by atoms with Gasteiger partial charge in [0.15, 0.2) is 0 Å². The lowest BCUT2D eigenvalue weighted by molar-refractivity contribution is 0.177. The van der Waals surface area contributed by atoms with Gasteiger partial charge in [-0.1, -0.05) is 41.5 Å². The summed E-state index contributed by atoms with van der Waals surface area (Å²) < 4.78 is 0. The van der Waals surface area contributed by atoms with E-state index in [-0.39, 0.29) is 0 Å². The summed E-state index contributed by atoms with van der Waals surface area (Å²) in [6.45, 7) is 14.8. The highest BCUT2D eigenvalue weighted by Crippen LogP contribution is 2.47. The summed E-state index contributed by atoms with van der Waals surface area (Å²) in [6.07, 6.45) is 17.8. The highest BCUT2D eigenvalue weighted by atomic mass is 32.2. The van der Waals surface area contributed by atoms with E-state index in [9.17, 15) is 0 Å². The zero-order chi connectivity index (χ0) is 20.5. The molecule has 28 heavy (non-hydrogen) atoms. The SMILES string of the molecule is CC(C)(C)C1CCC([S+](C2CCC(S)CC2)C2CCC(C(C)(C)C)CC2)CC1. The molecule has 2 heteroatoms. The van der Waals surface area contributed by atoms with Gasteiger partial charge in [-0.3, -0.25) is 0 Å². The van der Waals surface area contributed by atoms with Crippen molar-refractivity contribution in [1.29, 1.82) is 0 Å². The molecule has 0 N–H and O–H groups in total. The first-order chi connectivity index (χ1) is 13.1. The van der Waals surface area contributed by atoms with Gasteiger partial charge in [0.25, 0.3) is 0 Å². The fourth-order valence-electron chi connectivity index (χ4n) is 6.54. The van der Waals surface area contributed by atoms with E-state index in [0.29, 0.717) is 27.0 Å². The summed E-state index contributed by atoms with van der Waals surface area (Å²) in [5.74, 6) is 1.91. The van der Waals surface area contributed by atoms with E-state index in [2.05, 4.69) is 41.5 Å². The van der Waals surface area contributed by atoms with Crippen LogP contribution in [-0.2, 0) is 10.9 Å². The van der Waals surface area contributed by atoms with Gasteiger partial charge in [-0.25, -0.2) is 0 Å². The molecule has 3 saturated carbocycles. The molecule has 0 aromatic carbocycles. The Morgan fingerprint density at radius 1 is 0.500 bits per heavy atom. The average molecular weight is 426 g/mol. The Balaban J connectivity index is 1.67. The Morgan fingerprint density at radius 3 is 1.07 bits per heavy atom. The molecule has 0 bridgehead atoms. The van der Waals surface area contributed by atoms with Crippen LogP contribution >= 0.6 is 12.6 Å². The summed E-state index contributed by atoms with van der Waals surface area (Å²) in [4.78, 5) is 0. The quantitative estimate of drug-likeness (QED) is 0.343. The molecule has 0 atom stereocenters. The lowest BCUT2D eigenvalue weighted by Crippen LogP contribution is -2.46. The van der Waals surface area contributed by atoms with Gasteiger partial charge in [0.2, 0.25) is 0 Å². The number of thiol groups is 1. The normalized spacial score (nSPS) is 39.5. The molecule has 0 heterocycles. The lowest BCUT2D eigenvalue weighted by atomic mass is 9.72. The van der Waals surface area contributed by atoms with Gasteiger partial charge in [0.05, 0.1) is 0 Å². The van der Waals surface area contributed by atoms with Gasteiger partial charge in [-0.15, -0.1) is 0 Å². The second-order valence-electron chi connectivity index (χ2n) is 12.5. The Labute approximate surface area is 185 Å². The van der Waals surface area contributed by atoms with E-state index >= 15 is 0 Å². The number of hydrogen-bond donors (Lipinski definition) is 1. The zero-order valence-electron chi connectivity index (χ0n) is 19.8. The molecule has 3 rings (SSSR count). The maximum Gasteiger partial charge on any atom is 0.118 e. The third kappa shape index (κ3) is 5.89. The van der Waals surface area contributed by atoms with E-state index in [1.165, 1.54) is 77.0 Å². The monoisotopic (exact) mass is 425 g/mol. The van der Waals surface area contributed by atoms with Gasteiger partial charge >= 0.3 is 0 Å². The van der Waals surface area contributed by atoms with Gasteiger partial charge in [0, 0.05) is 5.25 Å². The van der Waals surface area contributed by atoms with Crippen molar-refractivity contribution >= 4 is 23.5 Å². The van der Waals surface area contributed by atoms with Crippen LogP contribution in [0.5, 0.6) is 0 Å². The largest absolute Gasteiger partial charge is 0.176 e. The first-order valence-electron chi connectivity index (χ1n) is 12.4. The fraction of sp³-hybridized carbons (Fsp3) is 1.00. The number of rotatable bonds is 3. The summed E-state index contributed by atoms with van der Waals surface area (Å²) in [5.41, 5.74) is 1.02. The predicted octanol–water partition coefficient (Wildman–Crippen LogP) is 8.06. The highest BCUT2D eigenvalue weighted by molar-refractivity contribution is 7.98. The lowest BCUT2D eigenvalue weighted by Gasteiger charge is -2.43. The summed E-state index contributed by atoms with van der Waals surface area (Å²) >= 11 is 4.81. The molecule has 164 valence electrons. The minimum atomic E-state index is 0.512. The Bertz CT molecular complexity index is 428. The second kappa shape index (κ2) is 9.46. The van der Waals surface area contributed by atoms with Crippen molar-refractivity contribution in [3.63, 3.8) is 0 Å². The maximum atomic E-state index is 4.81. The summed E-state index contributed by atoms with van der Waals surface area (Å²) in [5, 5.41) is 3.83. The first kappa shape index (κ1) is 23.4. The molecule has 0 aromatic rings. The molecule has 0 spiro atoms. The third-order valence-corrected chi connectivity index (χ3v) is 12.8. The van der Waals surface area contributed by atoms with Crippen molar-refractivity contribution in [2.45, 2.75) is 140 Å². The molecule has 0 amide bonds. The molecule has 3 fully saturated rings. The smallest absolute Gasteiger partial charge is 0.118 e. The van der Waals surface area contributed by atoms with E-state index in [4.69, 9.17) is 12.6 Å². The van der Waals surface area contributed by atoms with Crippen LogP contribution in [0.3, 0.4) is 0 Å². The molecular formula is C26H49S2+. The van der Waals surface area contributed by atoms with E-state index in [0.717, 1.165) is 27.6 Å². The van der Waals surface area contributed by atoms with Gasteiger partial charge in [0.1, 0.15) is 15.7 Å². The van der Waals surface area contributed by atoms with Crippen molar-refractivity contribution in [2.75, 3.05) is 0 Å². The van der Waals surface area contributed by atoms with Gasteiger partial charge in [-0.05, 0) is 111 Å². The van der Waals surface area contributed by atoms with Crippen LogP contribution in [0.1, 0.15) is 119 Å². The van der Waals surface area contributed by atoms with Crippen molar-refractivity contribution in [3.8, 4) is 0 Å². The standard InChI is InChI=1S/C26H48S2/c1-25(2,3)19-7-13-22(14-8-19)28(24-17-11-21(27)12-18-24)23-15-9-20(10-16-23)26(4,5)6/h19-24H,7-18H2,1-6H3/p+1. The number of hydrogen-bond acceptors (Lipinski definition) is 1. The Hall–Kier alpha value is 0.700. The molecular weight excluding hydrogens is 376 g/mol. The summed E-state index contributed by atoms with van der Waals surface area (Å²) in [7, 11) is 0.684. The topological polar surface area (TPSA) is 0 Å². The molecule has 0 aliphatic heterocycles. The molecule has 0 aromatic heterocycles. The molecule has 0 saturated heterocycles. The van der Waals surface area contributed by atoms with Crippen LogP contribution < -0.4 is 0 Å². The van der Waals surface area contributed by atoms with Gasteiger partial charge in [-0.2, -0.15) is 12.6 Å². The Morgan fingerprint density at radius 2 is 0.786 bits per heavy atom. The van der Waals surface area contributed by atoms with Crippen molar-refractivity contribution in [1.82, 2.24) is 0 Å². The molecule has 0 radical (unpaired) electrons. The fourth-order valence-corrected chi connectivity index (χ4v) is 10.9. The summed E-state index contributed by atoms with van der Waals surface area (Å²) in [6, 6.07) is 0. The van der Waals surface area contributed by atoms with Crippen LogP contribution in [0, 0.1) is 22.7 Å². The highest BCUT2D eigenvalue weighted by Gasteiger charge is 2.48. The van der Waals surface area contributed by atoms with Crippen LogP contribution in [0.2, 0.25) is 0 Å². The van der Waals surface area contributed by atoms with Crippen LogP contribution in [0.4, 0.5) is 0 Å². The van der Waals surface area contributed by atoms with E-state index in [1.54, 1.807) is 0 Å². The minimum Gasteiger partial charge on any atom is -0.176 e. The first-order valence-corrected chi connectivity index (χ1v) is 14.4. The molecule has 3 aliphatic rings. The van der Waals surface area contributed by atoms with Crippen LogP contribution in [0.25, 0.3) is 0 Å². The van der Waals surface area contributed by atoms with Crippen molar-refractivity contribution in [3.05, 3.63) is 0 Å². The second-order valence-corrected chi connectivity index (χ2v) is 16.1. The zero-order valence-corrected chi connectivity index (χ0v) is 21.5.